The van der Waals surface area contributed by atoms with Gasteiger partial charge in [0, 0.05) is 12.8 Å². The Labute approximate surface area is 81.8 Å². The summed E-state index contributed by atoms with van der Waals surface area (Å²) in [6, 6.07) is 0. The second-order valence-electron chi connectivity index (χ2n) is 2.72. The fourth-order valence-corrected chi connectivity index (χ4v) is 0.720. The molecule has 0 aliphatic heterocycles. The molecule has 0 radical (unpaired) electrons. The second kappa shape index (κ2) is 6.88. The van der Waals surface area contributed by atoms with E-state index in [2.05, 4.69) is 15.8 Å². The van der Waals surface area contributed by atoms with Gasteiger partial charge in [-0.15, -0.1) is 0 Å². The average molecular weight is 202 g/mol. The molecule has 0 atom stereocenters. The van der Waals surface area contributed by atoms with Gasteiger partial charge in [-0.2, -0.15) is 0 Å². The SMILES string of the molecule is CC(=O)CCC(=O)NCCOC(N)=O. The van der Waals surface area contributed by atoms with Crippen LogP contribution in [0.3, 0.4) is 0 Å². The summed E-state index contributed by atoms with van der Waals surface area (Å²) in [5.41, 5.74) is 4.69. The van der Waals surface area contributed by atoms with E-state index < -0.39 is 6.09 Å². The van der Waals surface area contributed by atoms with Crippen molar-refractivity contribution in [1.82, 2.24) is 5.32 Å². The summed E-state index contributed by atoms with van der Waals surface area (Å²) in [6.45, 7) is 1.67. The number of primary amides is 1. The first kappa shape index (κ1) is 12.4. The number of carbonyl (C=O) groups excluding carboxylic acids is 3. The van der Waals surface area contributed by atoms with Crippen molar-refractivity contribution in [3.05, 3.63) is 0 Å². The van der Waals surface area contributed by atoms with Gasteiger partial charge < -0.3 is 20.6 Å². The first-order valence-electron chi connectivity index (χ1n) is 4.20. The summed E-state index contributed by atoms with van der Waals surface area (Å²) < 4.78 is 4.38. The molecule has 0 saturated heterocycles. The molecule has 0 aromatic carbocycles. The molecule has 0 rings (SSSR count). The molecule has 0 aliphatic carbocycles. The highest BCUT2D eigenvalue weighted by molar-refractivity contribution is 5.83. The second-order valence-corrected chi connectivity index (χ2v) is 2.72. The highest BCUT2D eigenvalue weighted by Crippen LogP contribution is 1.89. The van der Waals surface area contributed by atoms with Crippen LogP contribution in [0.25, 0.3) is 0 Å². The number of rotatable bonds is 6. The molecule has 0 aromatic rings. The van der Waals surface area contributed by atoms with Crippen molar-refractivity contribution >= 4 is 17.8 Å². The minimum Gasteiger partial charge on any atom is -0.448 e. The molecule has 6 heteroatoms. The molecule has 2 amide bonds. The number of nitrogens with one attached hydrogen (secondary N) is 1. The van der Waals surface area contributed by atoms with Crippen molar-refractivity contribution in [2.24, 2.45) is 5.73 Å². The minimum absolute atomic E-state index is 0.0338. The Bertz CT molecular complexity index is 227. The summed E-state index contributed by atoms with van der Waals surface area (Å²) in [5.74, 6) is -0.276. The molecule has 0 unspecified atom stereocenters. The van der Waals surface area contributed by atoms with Crippen LogP contribution in [0.15, 0.2) is 0 Å². The lowest BCUT2D eigenvalue weighted by Gasteiger charge is -2.03. The largest absolute Gasteiger partial charge is 0.448 e. The number of amides is 2. The normalized spacial score (nSPS) is 9.21. The van der Waals surface area contributed by atoms with Gasteiger partial charge in [0.15, 0.2) is 0 Å². The number of hydrogen-bond donors (Lipinski definition) is 2. The third kappa shape index (κ3) is 8.51. The van der Waals surface area contributed by atoms with Crippen molar-refractivity contribution < 1.29 is 19.1 Å². The van der Waals surface area contributed by atoms with Crippen molar-refractivity contribution in [2.45, 2.75) is 19.8 Å². The van der Waals surface area contributed by atoms with Crippen LogP contribution >= 0.6 is 0 Å². The van der Waals surface area contributed by atoms with Gasteiger partial charge in [-0.1, -0.05) is 0 Å². The number of carbonyl (C=O) groups is 3. The van der Waals surface area contributed by atoms with Crippen molar-refractivity contribution in [3.63, 3.8) is 0 Å². The molecular formula is C8H14N2O4. The molecule has 0 saturated carbocycles. The van der Waals surface area contributed by atoms with E-state index in [4.69, 9.17) is 0 Å². The number of Topliss-reactive ketones (excluding diaryl/α,β-unsaturated/α-hetero) is 1. The van der Waals surface area contributed by atoms with Gasteiger partial charge in [-0.05, 0) is 6.92 Å². The van der Waals surface area contributed by atoms with Gasteiger partial charge in [0.05, 0.1) is 6.54 Å². The quantitative estimate of drug-likeness (QED) is 0.571. The average Bonchev–Trinajstić information content (AvgIpc) is 2.08. The Morgan fingerprint density at radius 2 is 1.93 bits per heavy atom. The van der Waals surface area contributed by atoms with Crippen LogP contribution in [0.5, 0.6) is 0 Å². The van der Waals surface area contributed by atoms with Crippen LogP contribution in [0.2, 0.25) is 0 Å². The van der Waals surface area contributed by atoms with Gasteiger partial charge in [-0.25, -0.2) is 4.79 Å². The molecule has 3 N–H and O–H groups in total. The summed E-state index contributed by atoms with van der Waals surface area (Å²) in [4.78, 5) is 31.6. The first-order chi connectivity index (χ1) is 6.52. The van der Waals surface area contributed by atoms with Crippen LogP contribution in [0.4, 0.5) is 4.79 Å². The van der Waals surface area contributed by atoms with E-state index in [0.717, 1.165) is 0 Å². The van der Waals surface area contributed by atoms with Crippen molar-refractivity contribution in [2.75, 3.05) is 13.2 Å². The lowest BCUT2D eigenvalue weighted by molar-refractivity contribution is -0.124. The smallest absolute Gasteiger partial charge is 0.404 e. The molecule has 0 aromatic heterocycles. The van der Waals surface area contributed by atoms with Crippen LogP contribution in [-0.4, -0.2) is 30.9 Å². The molecule has 14 heavy (non-hydrogen) atoms. The van der Waals surface area contributed by atoms with Gasteiger partial charge in [-0.3, -0.25) is 4.79 Å². The maximum Gasteiger partial charge on any atom is 0.404 e. The predicted octanol–water partition coefficient (Wildman–Crippen LogP) is -0.433. The van der Waals surface area contributed by atoms with E-state index in [1.54, 1.807) is 0 Å². The lowest BCUT2D eigenvalue weighted by atomic mass is 10.2. The maximum absolute atomic E-state index is 11.0. The highest BCUT2D eigenvalue weighted by atomic mass is 16.5. The third-order valence-corrected chi connectivity index (χ3v) is 1.37. The molecule has 0 bridgehead atoms. The Balaban J connectivity index is 3.36. The Morgan fingerprint density at radius 1 is 1.29 bits per heavy atom. The number of hydrogen-bond acceptors (Lipinski definition) is 4. The molecule has 0 heterocycles. The number of ether oxygens (including phenoxy) is 1. The standard InChI is InChI=1S/C8H14N2O4/c1-6(11)2-3-7(12)10-4-5-14-8(9)13/h2-5H2,1H3,(H2,9,13)(H,10,12). The molecular weight excluding hydrogens is 188 g/mol. The summed E-state index contributed by atoms with van der Waals surface area (Å²) in [5, 5.41) is 2.47. The first-order valence-corrected chi connectivity index (χ1v) is 4.20. The summed E-state index contributed by atoms with van der Waals surface area (Å²) >= 11 is 0. The van der Waals surface area contributed by atoms with Crippen LogP contribution < -0.4 is 11.1 Å². The minimum atomic E-state index is -0.872. The third-order valence-electron chi connectivity index (χ3n) is 1.37. The lowest BCUT2D eigenvalue weighted by Crippen LogP contribution is -2.29. The fraction of sp³-hybridized carbons (Fsp3) is 0.625. The molecule has 80 valence electrons. The fourth-order valence-electron chi connectivity index (χ4n) is 0.720. The van der Waals surface area contributed by atoms with E-state index >= 15 is 0 Å². The summed E-state index contributed by atoms with van der Waals surface area (Å²) in [7, 11) is 0. The Hall–Kier alpha value is -1.59. The van der Waals surface area contributed by atoms with Gasteiger partial charge in [0.1, 0.15) is 12.4 Å². The van der Waals surface area contributed by atoms with Crippen LogP contribution in [0, 0.1) is 0 Å². The van der Waals surface area contributed by atoms with E-state index in [1.165, 1.54) is 6.92 Å². The zero-order valence-electron chi connectivity index (χ0n) is 8.04. The Morgan fingerprint density at radius 3 is 2.43 bits per heavy atom. The zero-order chi connectivity index (χ0) is 11.0. The van der Waals surface area contributed by atoms with Gasteiger partial charge in [0.2, 0.25) is 5.91 Å². The van der Waals surface area contributed by atoms with Gasteiger partial charge in [0.25, 0.3) is 0 Å². The molecule has 0 fully saturated rings. The number of nitrogens with two attached hydrogens (primary N) is 1. The Kier molecular flexibility index (Phi) is 6.09. The zero-order valence-corrected chi connectivity index (χ0v) is 8.04. The van der Waals surface area contributed by atoms with Gasteiger partial charge >= 0.3 is 6.09 Å². The molecule has 0 aliphatic rings. The summed E-state index contributed by atoms with van der Waals surface area (Å²) in [6.07, 6.45) is -0.489. The highest BCUT2D eigenvalue weighted by Gasteiger charge is 2.02. The van der Waals surface area contributed by atoms with Crippen molar-refractivity contribution in [1.29, 1.82) is 0 Å². The monoisotopic (exact) mass is 202 g/mol. The van der Waals surface area contributed by atoms with E-state index in [9.17, 15) is 14.4 Å². The molecule has 6 nitrogen and oxygen atoms in total. The van der Waals surface area contributed by atoms with Crippen LogP contribution in [-0.2, 0) is 14.3 Å². The van der Waals surface area contributed by atoms with E-state index in [1.807, 2.05) is 0 Å². The van der Waals surface area contributed by atoms with Crippen molar-refractivity contribution in [3.8, 4) is 0 Å². The molecule has 0 spiro atoms. The number of ketones is 1. The van der Waals surface area contributed by atoms with Crippen LogP contribution in [0.1, 0.15) is 19.8 Å². The topological polar surface area (TPSA) is 98.5 Å². The maximum atomic E-state index is 11.0. The predicted molar refractivity (Wildman–Crippen MR) is 48.5 cm³/mol. The van der Waals surface area contributed by atoms with E-state index in [-0.39, 0.29) is 37.7 Å². The van der Waals surface area contributed by atoms with E-state index in [0.29, 0.717) is 0 Å².